The number of hydrogen-bond acceptors (Lipinski definition) is 3. The van der Waals surface area contributed by atoms with E-state index in [2.05, 4.69) is 34.3 Å². The van der Waals surface area contributed by atoms with Crippen LogP contribution in [-0.4, -0.2) is 31.2 Å². The number of pyridine rings is 1. The number of anilines is 1. The van der Waals surface area contributed by atoms with Crippen LogP contribution in [0.4, 0.5) is 5.82 Å². The van der Waals surface area contributed by atoms with E-state index < -0.39 is 0 Å². The Bertz CT molecular complexity index is 300. The highest BCUT2D eigenvalue weighted by molar-refractivity contribution is 5.41. The van der Waals surface area contributed by atoms with Crippen LogP contribution in [0.25, 0.3) is 0 Å². The first-order chi connectivity index (χ1) is 9.31. The second-order valence-electron chi connectivity index (χ2n) is 4.39. The molecule has 110 valence electrons. The van der Waals surface area contributed by atoms with E-state index in [0.717, 1.165) is 24.8 Å². The maximum atomic E-state index is 4.43. The molecule has 0 spiro atoms. The first-order valence-electron chi connectivity index (χ1n) is 7.63. The van der Waals surface area contributed by atoms with Crippen LogP contribution in [0.3, 0.4) is 0 Å². The van der Waals surface area contributed by atoms with Gasteiger partial charge in [-0.2, -0.15) is 0 Å². The van der Waals surface area contributed by atoms with Crippen LogP contribution in [0.15, 0.2) is 24.4 Å². The molecule has 1 fully saturated rings. The fourth-order valence-corrected chi connectivity index (χ4v) is 2.38. The lowest BCUT2D eigenvalue weighted by Gasteiger charge is -2.25. The normalized spacial score (nSPS) is 21.1. The van der Waals surface area contributed by atoms with Gasteiger partial charge < -0.3 is 10.2 Å². The number of rotatable bonds is 3. The van der Waals surface area contributed by atoms with E-state index >= 15 is 0 Å². The van der Waals surface area contributed by atoms with E-state index in [0.29, 0.717) is 6.04 Å². The molecule has 2 atom stereocenters. The van der Waals surface area contributed by atoms with Gasteiger partial charge in [0.05, 0.1) is 0 Å². The van der Waals surface area contributed by atoms with Crippen molar-refractivity contribution >= 4 is 5.82 Å². The van der Waals surface area contributed by atoms with Crippen LogP contribution >= 0.6 is 0 Å². The van der Waals surface area contributed by atoms with Crippen LogP contribution in [-0.2, 0) is 0 Å². The van der Waals surface area contributed by atoms with E-state index in [4.69, 9.17) is 0 Å². The summed E-state index contributed by atoms with van der Waals surface area (Å²) in [5.74, 6) is 1.88. The Morgan fingerprint density at radius 2 is 1.95 bits per heavy atom. The van der Waals surface area contributed by atoms with Gasteiger partial charge in [-0.1, -0.05) is 40.7 Å². The molecule has 0 aromatic carbocycles. The second kappa shape index (κ2) is 10.8. The summed E-state index contributed by atoms with van der Waals surface area (Å²) in [6, 6.07) is 6.72. The minimum absolute atomic E-state index is 0.597. The summed E-state index contributed by atoms with van der Waals surface area (Å²) in [6.07, 6.45) is 3.13. The molecule has 0 amide bonds. The van der Waals surface area contributed by atoms with E-state index in [1.165, 1.54) is 6.42 Å². The Morgan fingerprint density at radius 1 is 1.26 bits per heavy atom. The number of likely N-dealkylation sites (N-methyl/N-ethyl adjacent to an activating group) is 1. The van der Waals surface area contributed by atoms with Gasteiger partial charge in [-0.25, -0.2) is 4.98 Å². The maximum absolute atomic E-state index is 4.43. The first kappa shape index (κ1) is 17.9. The Kier molecular flexibility index (Phi) is 10.2. The van der Waals surface area contributed by atoms with Crippen molar-refractivity contribution in [1.29, 1.82) is 0 Å². The molecule has 0 aliphatic carbocycles. The highest BCUT2D eigenvalue weighted by Gasteiger charge is 2.29. The summed E-state index contributed by atoms with van der Waals surface area (Å²) in [7, 11) is 2.01. The van der Waals surface area contributed by atoms with Crippen molar-refractivity contribution in [2.24, 2.45) is 5.92 Å². The molecule has 0 saturated carbocycles. The minimum atomic E-state index is 0.597. The third-order valence-corrected chi connectivity index (χ3v) is 3.01. The zero-order valence-electron chi connectivity index (χ0n) is 13.5. The third kappa shape index (κ3) is 5.60. The summed E-state index contributed by atoms with van der Waals surface area (Å²) < 4.78 is 0. The van der Waals surface area contributed by atoms with Crippen molar-refractivity contribution in [2.45, 2.75) is 47.1 Å². The SMILES string of the molecule is CC.CC.CNCC1CC(C)CN1c1ccccn1. The van der Waals surface area contributed by atoms with Gasteiger partial charge in [-0.3, -0.25) is 0 Å². The second-order valence-corrected chi connectivity index (χ2v) is 4.39. The van der Waals surface area contributed by atoms with Crippen LogP contribution < -0.4 is 10.2 Å². The molecule has 2 heterocycles. The minimum Gasteiger partial charge on any atom is -0.352 e. The standard InChI is InChI=1S/C12H19N3.2C2H6/c1-10-7-11(8-13-2)15(9-10)12-5-3-4-6-14-12;2*1-2/h3-6,10-11,13H,7-9H2,1-2H3;2*1-2H3. The predicted molar refractivity (Wildman–Crippen MR) is 85.8 cm³/mol. The van der Waals surface area contributed by atoms with Crippen molar-refractivity contribution in [3.63, 3.8) is 0 Å². The molecule has 2 rings (SSSR count). The van der Waals surface area contributed by atoms with E-state index in [1.807, 2.05) is 47.0 Å². The summed E-state index contributed by atoms with van der Waals surface area (Å²) in [5.41, 5.74) is 0. The smallest absolute Gasteiger partial charge is 0.128 e. The quantitative estimate of drug-likeness (QED) is 0.905. The van der Waals surface area contributed by atoms with Gasteiger partial charge in [-0.15, -0.1) is 0 Å². The number of hydrogen-bond donors (Lipinski definition) is 1. The number of nitrogens with zero attached hydrogens (tertiary/aromatic N) is 2. The molecule has 1 aliphatic heterocycles. The monoisotopic (exact) mass is 265 g/mol. The molecule has 1 N–H and O–H groups in total. The van der Waals surface area contributed by atoms with Crippen LogP contribution in [0.1, 0.15) is 41.0 Å². The average molecular weight is 265 g/mol. The summed E-state index contributed by atoms with van der Waals surface area (Å²) in [4.78, 5) is 6.84. The topological polar surface area (TPSA) is 28.2 Å². The van der Waals surface area contributed by atoms with Crippen molar-refractivity contribution in [2.75, 3.05) is 25.0 Å². The molecule has 0 bridgehead atoms. The Balaban J connectivity index is 0.000000741. The average Bonchev–Trinajstić information content (AvgIpc) is 2.85. The summed E-state index contributed by atoms with van der Waals surface area (Å²) in [6.45, 7) is 12.5. The summed E-state index contributed by atoms with van der Waals surface area (Å²) in [5, 5.41) is 3.26. The lowest BCUT2D eigenvalue weighted by molar-refractivity contribution is 0.573. The highest BCUT2D eigenvalue weighted by atomic mass is 15.2. The largest absolute Gasteiger partial charge is 0.352 e. The van der Waals surface area contributed by atoms with Gasteiger partial charge in [0.1, 0.15) is 5.82 Å². The molecule has 0 radical (unpaired) electrons. The van der Waals surface area contributed by atoms with E-state index in [9.17, 15) is 0 Å². The zero-order valence-corrected chi connectivity index (χ0v) is 13.5. The van der Waals surface area contributed by atoms with Gasteiger partial charge in [0.2, 0.25) is 0 Å². The van der Waals surface area contributed by atoms with Crippen molar-refractivity contribution in [3.05, 3.63) is 24.4 Å². The Hall–Kier alpha value is -1.09. The lowest BCUT2D eigenvalue weighted by Crippen LogP contribution is -2.37. The van der Waals surface area contributed by atoms with E-state index in [1.54, 1.807) is 0 Å². The maximum Gasteiger partial charge on any atom is 0.128 e. The van der Waals surface area contributed by atoms with Gasteiger partial charge in [-0.05, 0) is 31.5 Å². The van der Waals surface area contributed by atoms with Crippen molar-refractivity contribution < 1.29 is 0 Å². The molecule has 2 unspecified atom stereocenters. The lowest BCUT2D eigenvalue weighted by atomic mass is 10.1. The molecule has 3 heteroatoms. The molecule has 1 aromatic heterocycles. The van der Waals surface area contributed by atoms with E-state index in [-0.39, 0.29) is 0 Å². The van der Waals surface area contributed by atoms with Crippen LogP contribution in [0.5, 0.6) is 0 Å². The fraction of sp³-hybridized carbons (Fsp3) is 0.688. The number of nitrogens with one attached hydrogen (secondary N) is 1. The molecule has 1 aliphatic rings. The zero-order chi connectivity index (χ0) is 14.7. The van der Waals surface area contributed by atoms with Gasteiger partial charge in [0.25, 0.3) is 0 Å². The predicted octanol–water partition coefficient (Wildman–Crippen LogP) is 3.57. The fourth-order valence-electron chi connectivity index (χ4n) is 2.38. The van der Waals surface area contributed by atoms with Crippen molar-refractivity contribution in [1.82, 2.24) is 10.3 Å². The van der Waals surface area contributed by atoms with Crippen LogP contribution in [0.2, 0.25) is 0 Å². The van der Waals surface area contributed by atoms with Gasteiger partial charge in [0.15, 0.2) is 0 Å². The highest BCUT2D eigenvalue weighted by Crippen LogP contribution is 2.26. The van der Waals surface area contributed by atoms with Crippen LogP contribution in [0, 0.1) is 5.92 Å². The Morgan fingerprint density at radius 3 is 2.47 bits per heavy atom. The molecule has 1 saturated heterocycles. The molecule has 3 nitrogen and oxygen atoms in total. The summed E-state index contributed by atoms with van der Waals surface area (Å²) >= 11 is 0. The molecule has 19 heavy (non-hydrogen) atoms. The molecular formula is C16H31N3. The Labute approximate surface area is 119 Å². The third-order valence-electron chi connectivity index (χ3n) is 3.01. The van der Waals surface area contributed by atoms with Gasteiger partial charge >= 0.3 is 0 Å². The molecule has 1 aromatic rings. The first-order valence-corrected chi connectivity index (χ1v) is 7.63. The number of aromatic nitrogens is 1. The molecular weight excluding hydrogens is 234 g/mol. The van der Waals surface area contributed by atoms with Crippen molar-refractivity contribution in [3.8, 4) is 0 Å². The van der Waals surface area contributed by atoms with Gasteiger partial charge in [0, 0.05) is 25.3 Å².